The number of amides is 1. The van der Waals surface area contributed by atoms with Gasteiger partial charge in [0.25, 0.3) is 5.91 Å². The maximum Gasteiger partial charge on any atom is 0.324 e. The first-order valence-electron chi connectivity index (χ1n) is 10.5. The highest BCUT2D eigenvalue weighted by Gasteiger charge is 2.23. The minimum absolute atomic E-state index is 0.0394. The zero-order chi connectivity index (χ0) is 25.3. The fourth-order valence-electron chi connectivity index (χ4n) is 2.78. The summed E-state index contributed by atoms with van der Waals surface area (Å²) >= 11 is 0. The number of nitrogens with zero attached hydrogens (tertiary/aromatic N) is 2. The van der Waals surface area contributed by atoms with Crippen molar-refractivity contribution in [1.29, 1.82) is 0 Å². The average Bonchev–Trinajstić information content (AvgIpc) is 2.87. The second-order valence-corrected chi connectivity index (χ2v) is 8.97. The summed E-state index contributed by atoms with van der Waals surface area (Å²) in [6.45, 7) is 0.743. The molecular formula is C24H24N4O6S. The lowest BCUT2D eigenvalue weighted by molar-refractivity contribution is -0.148. The maximum absolute atomic E-state index is 12.4. The van der Waals surface area contributed by atoms with Gasteiger partial charge >= 0.3 is 5.97 Å². The summed E-state index contributed by atoms with van der Waals surface area (Å²) in [5.41, 5.74) is 1.78. The van der Waals surface area contributed by atoms with E-state index in [4.69, 9.17) is 9.47 Å². The molecule has 0 saturated heterocycles. The largest absolute Gasteiger partial charge is 0.497 e. The number of benzene rings is 3. The number of carbonyl (C=O) groups excluding carboxylic acids is 2. The van der Waals surface area contributed by atoms with E-state index >= 15 is 0 Å². The third kappa shape index (κ3) is 7.73. The van der Waals surface area contributed by atoms with E-state index in [9.17, 15) is 18.0 Å². The lowest BCUT2D eigenvalue weighted by Crippen LogP contribution is -2.40. The molecule has 182 valence electrons. The van der Waals surface area contributed by atoms with Crippen LogP contribution in [-0.4, -0.2) is 40.1 Å². The number of carbonyl (C=O) groups is 2. The summed E-state index contributed by atoms with van der Waals surface area (Å²) in [7, 11) is -2.50. The van der Waals surface area contributed by atoms with Gasteiger partial charge in [0.1, 0.15) is 11.8 Å². The Morgan fingerprint density at radius 2 is 1.49 bits per heavy atom. The highest BCUT2D eigenvalue weighted by Crippen LogP contribution is 2.20. The molecule has 2 N–H and O–H groups in total. The molecule has 11 heteroatoms. The Morgan fingerprint density at radius 1 is 0.886 bits per heavy atom. The Hall–Kier alpha value is -4.09. The van der Waals surface area contributed by atoms with Gasteiger partial charge in [-0.2, -0.15) is 15.0 Å². The molecule has 0 fully saturated rings. The van der Waals surface area contributed by atoms with Gasteiger partial charge in [-0.3, -0.25) is 9.59 Å². The van der Waals surface area contributed by atoms with Crippen LogP contribution < -0.4 is 14.8 Å². The Balaban J connectivity index is 1.47. The maximum atomic E-state index is 12.4. The van der Waals surface area contributed by atoms with E-state index in [1.807, 2.05) is 30.3 Å². The smallest absolute Gasteiger partial charge is 0.324 e. The Morgan fingerprint density at radius 3 is 2.09 bits per heavy atom. The molecule has 0 heterocycles. The molecule has 0 aliphatic heterocycles. The van der Waals surface area contributed by atoms with Crippen molar-refractivity contribution < 1.29 is 27.5 Å². The third-order valence-corrected chi connectivity index (χ3v) is 6.15. The Bertz CT molecular complexity index is 1280. The molecule has 0 unspecified atom stereocenters. The number of methoxy groups -OCH3 is 1. The number of ether oxygens (including phenoxy) is 2. The molecule has 0 aliphatic rings. The van der Waals surface area contributed by atoms with Crippen molar-refractivity contribution in [3.63, 3.8) is 0 Å². The van der Waals surface area contributed by atoms with Crippen molar-refractivity contribution in [2.24, 2.45) is 10.2 Å². The minimum Gasteiger partial charge on any atom is -0.497 e. The predicted octanol–water partition coefficient (Wildman–Crippen LogP) is 3.96. The van der Waals surface area contributed by atoms with E-state index in [-0.39, 0.29) is 4.90 Å². The van der Waals surface area contributed by atoms with Crippen molar-refractivity contribution >= 4 is 39.0 Å². The minimum atomic E-state index is -3.97. The van der Waals surface area contributed by atoms with Gasteiger partial charge in [0, 0.05) is 5.69 Å². The van der Waals surface area contributed by atoms with E-state index < -0.39 is 34.5 Å². The fourth-order valence-corrected chi connectivity index (χ4v) is 3.98. The van der Waals surface area contributed by atoms with Crippen molar-refractivity contribution in [2.45, 2.75) is 17.9 Å². The van der Waals surface area contributed by atoms with Crippen LogP contribution in [0.4, 0.5) is 17.1 Å². The number of esters is 1. The highest BCUT2D eigenvalue weighted by molar-refractivity contribution is 7.89. The summed E-state index contributed by atoms with van der Waals surface area (Å²) in [5, 5.41) is 10.8. The number of hydrogen-bond acceptors (Lipinski definition) is 8. The third-order valence-electron chi connectivity index (χ3n) is 4.59. The van der Waals surface area contributed by atoms with Gasteiger partial charge in [0.15, 0.2) is 6.61 Å². The summed E-state index contributed by atoms with van der Waals surface area (Å²) < 4.78 is 37.0. The highest BCUT2D eigenvalue weighted by atomic mass is 32.2. The zero-order valence-electron chi connectivity index (χ0n) is 19.0. The number of azo groups is 1. The summed E-state index contributed by atoms with van der Waals surface area (Å²) in [6.07, 6.45) is 0. The number of anilines is 1. The van der Waals surface area contributed by atoms with Crippen LogP contribution >= 0.6 is 0 Å². The molecular weight excluding hydrogens is 472 g/mol. The standard InChI is InChI=1S/C24H24N4O6S/c1-17(28-35(31,32)22-14-12-21(33-2)13-15-22)24(30)34-16-23(29)25-18-8-10-20(11-9-18)27-26-19-6-4-3-5-7-19/h3-15,17,28H,16H2,1-2H3,(H,25,29)/t17-/m0/s1. The fraction of sp³-hybridized carbons (Fsp3) is 0.167. The molecule has 0 aromatic heterocycles. The molecule has 0 aliphatic carbocycles. The first-order chi connectivity index (χ1) is 16.8. The molecule has 1 amide bonds. The Labute approximate surface area is 203 Å². The van der Waals surface area contributed by atoms with Crippen molar-refractivity contribution in [3.8, 4) is 5.75 Å². The van der Waals surface area contributed by atoms with Gasteiger partial charge in [-0.15, -0.1) is 0 Å². The van der Waals surface area contributed by atoms with E-state index in [0.29, 0.717) is 22.8 Å². The Kier molecular flexibility index (Phi) is 8.65. The first-order valence-corrected chi connectivity index (χ1v) is 11.9. The lowest BCUT2D eigenvalue weighted by atomic mass is 10.3. The van der Waals surface area contributed by atoms with Crippen LogP contribution in [0.1, 0.15) is 6.92 Å². The number of rotatable bonds is 10. The monoisotopic (exact) mass is 496 g/mol. The lowest BCUT2D eigenvalue weighted by Gasteiger charge is -2.14. The summed E-state index contributed by atoms with van der Waals surface area (Å²) in [4.78, 5) is 24.3. The topological polar surface area (TPSA) is 136 Å². The number of sulfonamides is 1. The van der Waals surface area contributed by atoms with Gasteiger partial charge < -0.3 is 14.8 Å². The van der Waals surface area contributed by atoms with Crippen molar-refractivity contribution in [2.75, 3.05) is 19.0 Å². The second kappa shape index (κ2) is 11.9. The molecule has 35 heavy (non-hydrogen) atoms. The normalized spacial score (nSPS) is 12.2. The van der Waals surface area contributed by atoms with Crippen LogP contribution in [0, 0.1) is 0 Å². The molecule has 3 aromatic carbocycles. The van der Waals surface area contributed by atoms with E-state index in [1.54, 1.807) is 24.3 Å². The zero-order valence-corrected chi connectivity index (χ0v) is 19.9. The van der Waals surface area contributed by atoms with Crippen LogP contribution in [-0.2, 0) is 24.3 Å². The van der Waals surface area contributed by atoms with Gasteiger partial charge in [-0.25, -0.2) is 8.42 Å². The molecule has 3 aromatic rings. The van der Waals surface area contributed by atoms with Gasteiger partial charge in [0.05, 0.1) is 23.4 Å². The molecule has 10 nitrogen and oxygen atoms in total. The number of hydrogen-bond donors (Lipinski definition) is 2. The van der Waals surface area contributed by atoms with Crippen molar-refractivity contribution in [3.05, 3.63) is 78.9 Å². The molecule has 0 radical (unpaired) electrons. The average molecular weight is 497 g/mol. The van der Waals surface area contributed by atoms with E-state index in [2.05, 4.69) is 20.3 Å². The van der Waals surface area contributed by atoms with Crippen LogP contribution in [0.3, 0.4) is 0 Å². The molecule has 1 atom stereocenters. The van der Waals surface area contributed by atoms with Crippen molar-refractivity contribution in [1.82, 2.24) is 4.72 Å². The quantitative estimate of drug-likeness (QED) is 0.322. The SMILES string of the molecule is COc1ccc(S(=O)(=O)N[C@@H](C)C(=O)OCC(=O)Nc2ccc(N=Nc3ccccc3)cc2)cc1. The predicted molar refractivity (Wildman–Crippen MR) is 129 cm³/mol. The van der Waals surface area contributed by atoms with Crippen LogP contribution in [0.15, 0.2) is 94.0 Å². The summed E-state index contributed by atoms with van der Waals surface area (Å²) in [6, 6.07) is 20.3. The molecule has 0 spiro atoms. The first kappa shape index (κ1) is 25.5. The van der Waals surface area contributed by atoms with Gasteiger partial charge in [0.2, 0.25) is 10.0 Å². The van der Waals surface area contributed by atoms with Crippen LogP contribution in [0.2, 0.25) is 0 Å². The van der Waals surface area contributed by atoms with Crippen LogP contribution in [0.25, 0.3) is 0 Å². The molecule has 0 bridgehead atoms. The van der Waals surface area contributed by atoms with Gasteiger partial charge in [-0.05, 0) is 67.6 Å². The number of nitrogens with one attached hydrogen (secondary N) is 2. The van der Waals surface area contributed by atoms with Crippen LogP contribution in [0.5, 0.6) is 5.75 Å². The summed E-state index contributed by atoms with van der Waals surface area (Å²) in [5.74, 6) is -0.982. The van der Waals surface area contributed by atoms with E-state index in [0.717, 1.165) is 0 Å². The molecule has 0 saturated carbocycles. The van der Waals surface area contributed by atoms with E-state index in [1.165, 1.54) is 38.3 Å². The van der Waals surface area contributed by atoms with Gasteiger partial charge in [-0.1, -0.05) is 18.2 Å². The molecule has 3 rings (SSSR count). The second-order valence-electron chi connectivity index (χ2n) is 7.26.